The van der Waals surface area contributed by atoms with E-state index >= 15 is 0 Å². The molecule has 1 aromatic carbocycles. The summed E-state index contributed by atoms with van der Waals surface area (Å²) in [5, 5.41) is 9.46. The molecule has 1 rings (SSSR count). The van der Waals surface area contributed by atoms with E-state index in [0.717, 1.165) is 0 Å². The van der Waals surface area contributed by atoms with Crippen LogP contribution in [0.2, 0.25) is 0 Å². The minimum atomic E-state index is -2.52. The van der Waals surface area contributed by atoms with Gasteiger partial charge in [0.2, 0.25) is 0 Å². The van der Waals surface area contributed by atoms with Crippen molar-refractivity contribution in [2.75, 3.05) is 13.1 Å². The standard InChI is InChI=1S/C10H15NO2.ClH/c1-2-13-10-7-8(5-6-11)3-4-9(10)12;/h3-4,7,12H,2,5-6,11H2,1H3;1H/i5D2,6D2;. The van der Waals surface area contributed by atoms with Crippen LogP contribution >= 0.6 is 12.4 Å². The molecule has 0 atom stereocenters. The van der Waals surface area contributed by atoms with Gasteiger partial charge >= 0.3 is 0 Å². The number of aromatic hydroxyl groups is 1. The largest absolute Gasteiger partial charge is 0.504 e. The summed E-state index contributed by atoms with van der Waals surface area (Å²) in [5.74, 6) is -0.0119. The van der Waals surface area contributed by atoms with Crippen molar-refractivity contribution in [3.8, 4) is 11.5 Å². The van der Waals surface area contributed by atoms with Crippen LogP contribution in [0.15, 0.2) is 18.2 Å². The van der Waals surface area contributed by atoms with Gasteiger partial charge in [-0.25, -0.2) is 0 Å². The molecule has 0 radical (unpaired) electrons. The maximum atomic E-state index is 9.46. The Morgan fingerprint density at radius 2 is 2.29 bits per heavy atom. The number of benzene rings is 1. The monoisotopic (exact) mass is 221 g/mol. The zero-order valence-electron chi connectivity index (χ0n) is 11.8. The van der Waals surface area contributed by atoms with Crippen molar-refractivity contribution in [2.45, 2.75) is 13.3 Å². The van der Waals surface area contributed by atoms with Crippen molar-refractivity contribution in [1.29, 1.82) is 0 Å². The second-order valence-electron chi connectivity index (χ2n) is 2.38. The molecule has 4 heteroatoms. The number of nitrogens with two attached hydrogens (primary N) is 1. The van der Waals surface area contributed by atoms with Gasteiger partial charge in [-0.05, 0) is 37.5 Å². The number of aryl methyl sites for hydroxylation is 1. The normalized spacial score (nSPS) is 15.6. The number of halogens is 1. The average Bonchev–Trinajstić information content (AvgIpc) is 2.19. The van der Waals surface area contributed by atoms with E-state index in [4.69, 9.17) is 16.0 Å². The smallest absolute Gasteiger partial charge is 0.161 e. The first-order chi connectivity index (χ1) is 7.70. The van der Waals surface area contributed by atoms with Crippen molar-refractivity contribution in [2.24, 2.45) is 5.73 Å². The Labute approximate surface area is 95.9 Å². The van der Waals surface area contributed by atoms with E-state index in [2.05, 4.69) is 0 Å². The molecular weight excluding hydrogens is 202 g/mol. The van der Waals surface area contributed by atoms with Crippen molar-refractivity contribution < 1.29 is 15.3 Å². The topological polar surface area (TPSA) is 55.5 Å². The lowest BCUT2D eigenvalue weighted by molar-refractivity contribution is 0.318. The predicted octanol–water partition coefficient (Wildman–Crippen LogP) is 1.71. The van der Waals surface area contributed by atoms with Crippen LogP contribution in [0.25, 0.3) is 0 Å². The van der Waals surface area contributed by atoms with Crippen LogP contribution < -0.4 is 10.5 Å². The number of phenols is 1. The highest BCUT2D eigenvalue weighted by Crippen LogP contribution is 2.26. The summed E-state index contributed by atoms with van der Waals surface area (Å²) in [5.41, 5.74) is 5.18. The van der Waals surface area contributed by atoms with E-state index in [1.54, 1.807) is 6.92 Å². The third kappa shape index (κ3) is 3.44. The molecule has 80 valence electrons. The first-order valence-corrected chi connectivity index (χ1v) is 3.95. The zero-order chi connectivity index (χ0) is 13.3. The number of phenolic OH excluding ortho intramolecular Hbond substituents is 1. The fourth-order valence-electron chi connectivity index (χ4n) is 0.946. The van der Waals surface area contributed by atoms with Crippen molar-refractivity contribution >= 4 is 12.4 Å². The highest BCUT2D eigenvalue weighted by atomic mass is 35.5. The maximum Gasteiger partial charge on any atom is 0.161 e. The summed E-state index contributed by atoms with van der Waals surface area (Å²) >= 11 is 0. The van der Waals surface area contributed by atoms with Gasteiger partial charge in [-0.2, -0.15) is 0 Å². The molecule has 0 amide bonds. The minimum absolute atomic E-state index is 0. The molecule has 0 aromatic heterocycles. The molecule has 0 aliphatic rings. The lowest BCUT2D eigenvalue weighted by Crippen LogP contribution is -2.03. The molecule has 0 heterocycles. The maximum absolute atomic E-state index is 9.46. The van der Waals surface area contributed by atoms with Gasteiger partial charge in [0.1, 0.15) is 0 Å². The van der Waals surface area contributed by atoms with Crippen LogP contribution in [0.4, 0.5) is 0 Å². The van der Waals surface area contributed by atoms with Crippen molar-refractivity contribution in [3.63, 3.8) is 0 Å². The summed E-state index contributed by atoms with van der Waals surface area (Å²) in [6.45, 7) is -0.480. The van der Waals surface area contributed by atoms with Gasteiger partial charge in [0.25, 0.3) is 0 Å². The average molecular weight is 222 g/mol. The molecule has 0 aliphatic carbocycles. The van der Waals surface area contributed by atoms with E-state index in [1.807, 2.05) is 0 Å². The first-order valence-electron chi connectivity index (χ1n) is 5.95. The first kappa shape index (κ1) is 7.37. The molecule has 0 bridgehead atoms. The Bertz CT molecular complexity index is 409. The van der Waals surface area contributed by atoms with Crippen LogP contribution in [0.5, 0.6) is 11.5 Å². The molecule has 0 fully saturated rings. The van der Waals surface area contributed by atoms with E-state index in [-0.39, 0.29) is 29.5 Å². The van der Waals surface area contributed by atoms with E-state index < -0.39 is 12.9 Å². The lowest BCUT2D eigenvalue weighted by Gasteiger charge is -2.07. The fraction of sp³-hybridized carbons (Fsp3) is 0.400. The van der Waals surface area contributed by atoms with E-state index in [9.17, 15) is 5.11 Å². The van der Waals surface area contributed by atoms with E-state index in [1.165, 1.54) is 18.2 Å². The van der Waals surface area contributed by atoms with Crippen molar-refractivity contribution in [3.05, 3.63) is 23.8 Å². The summed E-state index contributed by atoms with van der Waals surface area (Å²) < 4.78 is 34.9. The fourth-order valence-corrected chi connectivity index (χ4v) is 0.946. The molecule has 3 N–H and O–H groups in total. The molecule has 0 saturated heterocycles. The summed E-state index contributed by atoms with van der Waals surface area (Å²) in [7, 11) is 0. The molecule has 0 saturated carbocycles. The van der Waals surface area contributed by atoms with Crippen molar-refractivity contribution in [1.82, 2.24) is 0 Å². The molecule has 0 aliphatic heterocycles. The van der Waals surface area contributed by atoms with Crippen LogP contribution in [0, 0.1) is 0 Å². The van der Waals surface area contributed by atoms with Gasteiger partial charge in [-0.1, -0.05) is 6.07 Å². The third-order valence-electron chi connectivity index (χ3n) is 1.48. The van der Waals surface area contributed by atoms with Gasteiger partial charge in [-0.3, -0.25) is 0 Å². The molecule has 0 spiro atoms. The molecule has 0 unspecified atom stereocenters. The van der Waals surface area contributed by atoms with Crippen LogP contribution in [-0.2, 0) is 6.37 Å². The summed E-state index contributed by atoms with van der Waals surface area (Å²) in [6.07, 6.45) is -2.37. The summed E-state index contributed by atoms with van der Waals surface area (Å²) in [6, 6.07) is 3.79. The Kier molecular flexibility index (Phi) is 3.43. The van der Waals surface area contributed by atoms with Gasteiger partial charge in [0, 0.05) is 5.48 Å². The highest BCUT2D eigenvalue weighted by molar-refractivity contribution is 5.85. The number of hydrogen-bond acceptors (Lipinski definition) is 3. The highest BCUT2D eigenvalue weighted by Gasteiger charge is 2.02. The van der Waals surface area contributed by atoms with Crippen LogP contribution in [-0.4, -0.2) is 18.2 Å². The van der Waals surface area contributed by atoms with Crippen LogP contribution in [0.1, 0.15) is 18.0 Å². The van der Waals surface area contributed by atoms with Gasteiger partial charge in [-0.15, -0.1) is 12.4 Å². The second kappa shape index (κ2) is 6.51. The third-order valence-corrected chi connectivity index (χ3v) is 1.48. The predicted molar refractivity (Wildman–Crippen MR) is 59.3 cm³/mol. The zero-order valence-corrected chi connectivity index (χ0v) is 8.60. The molecule has 14 heavy (non-hydrogen) atoms. The Hall–Kier alpha value is -0.930. The second-order valence-corrected chi connectivity index (χ2v) is 2.38. The summed E-state index contributed by atoms with van der Waals surface area (Å²) in [4.78, 5) is 0. The molecule has 3 nitrogen and oxygen atoms in total. The van der Waals surface area contributed by atoms with E-state index in [0.29, 0.717) is 6.61 Å². The SMILES string of the molecule is Cl.[2H]C([2H])(N)C([2H])([2H])c1ccc(O)c(OCC)c1. The van der Waals surface area contributed by atoms with Gasteiger partial charge in [0.05, 0.1) is 6.61 Å². The van der Waals surface area contributed by atoms with Gasteiger partial charge in [0.15, 0.2) is 11.5 Å². The molecule has 1 aromatic rings. The van der Waals surface area contributed by atoms with Gasteiger partial charge < -0.3 is 15.6 Å². The lowest BCUT2D eigenvalue weighted by atomic mass is 10.1. The Morgan fingerprint density at radius 1 is 1.57 bits per heavy atom. The quantitative estimate of drug-likeness (QED) is 0.814. The number of ether oxygens (including phenoxy) is 1. The Balaban J connectivity index is 0.00000289. The minimum Gasteiger partial charge on any atom is -0.504 e. The number of hydrogen-bond donors (Lipinski definition) is 2. The van der Waals surface area contributed by atoms with Crippen LogP contribution in [0.3, 0.4) is 0 Å². The molecular formula is C10H16ClNO2. The Morgan fingerprint density at radius 3 is 2.86 bits per heavy atom. The number of rotatable bonds is 4.